The molecule has 0 unspecified atom stereocenters. The van der Waals surface area contributed by atoms with Crippen molar-refractivity contribution in [3.8, 4) is 0 Å². The van der Waals surface area contributed by atoms with Gasteiger partial charge in [-0.05, 0) is 44.1 Å². The third-order valence-corrected chi connectivity index (χ3v) is 3.67. The molecule has 98 valence electrons. The number of halogens is 2. The summed E-state index contributed by atoms with van der Waals surface area (Å²) in [6, 6.07) is 4.24. The van der Waals surface area contributed by atoms with Gasteiger partial charge < -0.3 is 10.6 Å². The van der Waals surface area contributed by atoms with Crippen molar-refractivity contribution in [2.24, 2.45) is 5.41 Å². The maximum Gasteiger partial charge on any atom is 0.230 e. The number of hydrogen-bond donors (Lipinski definition) is 2. The minimum absolute atomic E-state index is 0.134. The molecule has 0 spiro atoms. The summed E-state index contributed by atoms with van der Waals surface area (Å²) in [5, 5.41) is 6.17. The SMILES string of the molecule is CC1(C(=O)Nc2ccc(Cl)cc2F)CCNCC1. The number of benzene rings is 1. The molecule has 1 fully saturated rings. The van der Waals surface area contributed by atoms with Gasteiger partial charge in [-0.3, -0.25) is 4.79 Å². The fourth-order valence-corrected chi connectivity index (χ4v) is 2.23. The summed E-state index contributed by atoms with van der Waals surface area (Å²) in [5.74, 6) is -0.640. The molecular weight excluding hydrogens is 255 g/mol. The van der Waals surface area contributed by atoms with Gasteiger partial charge in [0.05, 0.1) is 5.69 Å². The number of anilines is 1. The van der Waals surface area contributed by atoms with E-state index >= 15 is 0 Å². The maximum absolute atomic E-state index is 13.6. The molecule has 1 heterocycles. The number of amides is 1. The molecule has 0 aliphatic carbocycles. The molecule has 1 amide bonds. The summed E-state index contributed by atoms with van der Waals surface area (Å²) in [6.07, 6.45) is 1.52. The predicted molar refractivity (Wildman–Crippen MR) is 70.3 cm³/mol. The largest absolute Gasteiger partial charge is 0.323 e. The van der Waals surface area contributed by atoms with Crippen molar-refractivity contribution in [1.29, 1.82) is 0 Å². The zero-order valence-electron chi connectivity index (χ0n) is 10.2. The van der Waals surface area contributed by atoms with Crippen LogP contribution in [0.1, 0.15) is 19.8 Å². The predicted octanol–water partition coefficient (Wildman–Crippen LogP) is 2.81. The number of rotatable bonds is 2. The van der Waals surface area contributed by atoms with E-state index in [0.29, 0.717) is 5.02 Å². The van der Waals surface area contributed by atoms with E-state index in [-0.39, 0.29) is 11.6 Å². The van der Waals surface area contributed by atoms with E-state index in [1.165, 1.54) is 12.1 Å². The van der Waals surface area contributed by atoms with Gasteiger partial charge in [-0.25, -0.2) is 4.39 Å². The topological polar surface area (TPSA) is 41.1 Å². The molecule has 1 saturated heterocycles. The van der Waals surface area contributed by atoms with E-state index in [1.54, 1.807) is 6.07 Å². The lowest BCUT2D eigenvalue weighted by Crippen LogP contribution is -2.42. The van der Waals surface area contributed by atoms with Gasteiger partial charge in [0.25, 0.3) is 0 Å². The van der Waals surface area contributed by atoms with Gasteiger partial charge in [0.2, 0.25) is 5.91 Å². The van der Waals surface area contributed by atoms with Crippen molar-refractivity contribution >= 4 is 23.2 Å². The lowest BCUT2D eigenvalue weighted by Gasteiger charge is -2.32. The number of piperidine rings is 1. The number of nitrogens with one attached hydrogen (secondary N) is 2. The average molecular weight is 271 g/mol. The zero-order chi connectivity index (χ0) is 13.2. The van der Waals surface area contributed by atoms with E-state index < -0.39 is 11.2 Å². The third-order valence-electron chi connectivity index (χ3n) is 3.43. The van der Waals surface area contributed by atoms with Crippen molar-refractivity contribution < 1.29 is 9.18 Å². The maximum atomic E-state index is 13.6. The van der Waals surface area contributed by atoms with Crippen LogP contribution in [0.25, 0.3) is 0 Å². The lowest BCUT2D eigenvalue weighted by atomic mass is 9.80. The second-order valence-electron chi connectivity index (χ2n) is 4.89. The lowest BCUT2D eigenvalue weighted by molar-refractivity contribution is -0.126. The second kappa shape index (κ2) is 5.24. The molecule has 1 aliphatic heterocycles. The van der Waals surface area contributed by atoms with E-state index in [4.69, 9.17) is 11.6 Å². The van der Waals surface area contributed by atoms with Crippen molar-refractivity contribution in [3.05, 3.63) is 29.0 Å². The first-order chi connectivity index (χ1) is 8.51. The van der Waals surface area contributed by atoms with Crippen LogP contribution in [0.4, 0.5) is 10.1 Å². The second-order valence-corrected chi connectivity index (χ2v) is 5.33. The molecule has 2 N–H and O–H groups in total. The molecule has 0 aromatic heterocycles. The Balaban J connectivity index is 2.11. The van der Waals surface area contributed by atoms with Gasteiger partial charge in [0, 0.05) is 10.4 Å². The highest BCUT2D eigenvalue weighted by atomic mass is 35.5. The fourth-order valence-electron chi connectivity index (χ4n) is 2.07. The number of hydrogen-bond acceptors (Lipinski definition) is 2. The monoisotopic (exact) mass is 270 g/mol. The van der Waals surface area contributed by atoms with E-state index in [9.17, 15) is 9.18 Å². The third kappa shape index (κ3) is 2.82. The van der Waals surface area contributed by atoms with Gasteiger partial charge in [-0.1, -0.05) is 18.5 Å². The molecule has 0 atom stereocenters. The number of carbonyl (C=O) groups excluding carboxylic acids is 1. The Morgan fingerprint density at radius 2 is 2.11 bits per heavy atom. The van der Waals surface area contributed by atoms with E-state index in [1.807, 2.05) is 6.92 Å². The Labute approximate surface area is 111 Å². The standard InChI is InChI=1S/C13H16ClFN2O/c1-13(4-6-16-7-5-13)12(18)17-11-3-2-9(14)8-10(11)15/h2-3,8,16H,4-7H2,1H3,(H,17,18). The highest BCUT2D eigenvalue weighted by molar-refractivity contribution is 6.30. The molecule has 0 radical (unpaired) electrons. The summed E-state index contributed by atoms with van der Waals surface area (Å²) < 4.78 is 13.6. The fraction of sp³-hybridized carbons (Fsp3) is 0.462. The Morgan fingerprint density at radius 3 is 2.72 bits per heavy atom. The van der Waals surface area contributed by atoms with Gasteiger partial charge in [-0.2, -0.15) is 0 Å². The summed E-state index contributed by atoms with van der Waals surface area (Å²) in [6.45, 7) is 3.54. The highest BCUT2D eigenvalue weighted by Gasteiger charge is 2.34. The summed E-state index contributed by atoms with van der Waals surface area (Å²) in [7, 11) is 0. The summed E-state index contributed by atoms with van der Waals surface area (Å²) in [5.41, 5.74) is -0.249. The molecule has 1 aliphatic rings. The minimum atomic E-state index is -0.506. The molecule has 18 heavy (non-hydrogen) atoms. The van der Waals surface area contributed by atoms with Crippen LogP contribution in [-0.4, -0.2) is 19.0 Å². The van der Waals surface area contributed by atoms with Crippen molar-refractivity contribution in [1.82, 2.24) is 5.32 Å². The van der Waals surface area contributed by atoms with Crippen LogP contribution in [0.3, 0.4) is 0 Å². The highest BCUT2D eigenvalue weighted by Crippen LogP contribution is 2.30. The van der Waals surface area contributed by atoms with Crippen LogP contribution < -0.4 is 10.6 Å². The molecule has 1 aromatic carbocycles. The molecule has 0 bridgehead atoms. The van der Waals surface area contributed by atoms with Crippen molar-refractivity contribution in [2.75, 3.05) is 18.4 Å². The van der Waals surface area contributed by atoms with Gasteiger partial charge >= 0.3 is 0 Å². The smallest absolute Gasteiger partial charge is 0.230 e. The first-order valence-corrected chi connectivity index (χ1v) is 6.36. The molecule has 2 rings (SSSR count). The van der Waals surface area contributed by atoms with Crippen LogP contribution in [0.15, 0.2) is 18.2 Å². The molecule has 1 aromatic rings. The molecule has 0 saturated carbocycles. The van der Waals surface area contributed by atoms with E-state index in [2.05, 4.69) is 10.6 Å². The van der Waals surface area contributed by atoms with Gasteiger partial charge in [-0.15, -0.1) is 0 Å². The van der Waals surface area contributed by atoms with Gasteiger partial charge in [0.1, 0.15) is 5.82 Å². The quantitative estimate of drug-likeness (QED) is 0.868. The Bertz CT molecular complexity index is 458. The summed E-state index contributed by atoms with van der Waals surface area (Å²) >= 11 is 5.67. The van der Waals surface area contributed by atoms with E-state index in [0.717, 1.165) is 25.9 Å². The normalized spacial score (nSPS) is 18.4. The zero-order valence-corrected chi connectivity index (χ0v) is 11.0. The average Bonchev–Trinajstić information content (AvgIpc) is 2.33. The van der Waals surface area contributed by atoms with Crippen LogP contribution in [0, 0.1) is 11.2 Å². The first kappa shape index (κ1) is 13.3. The molecule has 5 heteroatoms. The molecule has 3 nitrogen and oxygen atoms in total. The number of carbonyl (C=O) groups is 1. The van der Waals surface area contributed by atoms with Crippen LogP contribution >= 0.6 is 11.6 Å². The van der Waals surface area contributed by atoms with Crippen molar-refractivity contribution in [3.63, 3.8) is 0 Å². The van der Waals surface area contributed by atoms with Crippen LogP contribution in [-0.2, 0) is 4.79 Å². The Kier molecular flexibility index (Phi) is 3.88. The van der Waals surface area contributed by atoms with Crippen molar-refractivity contribution in [2.45, 2.75) is 19.8 Å². The minimum Gasteiger partial charge on any atom is -0.323 e. The molecular formula is C13H16ClFN2O. The van der Waals surface area contributed by atoms with Crippen LogP contribution in [0.5, 0.6) is 0 Å². The Hall–Kier alpha value is -1.13. The Morgan fingerprint density at radius 1 is 1.44 bits per heavy atom. The van der Waals surface area contributed by atoms with Crippen LogP contribution in [0.2, 0.25) is 5.02 Å². The first-order valence-electron chi connectivity index (χ1n) is 5.98. The van der Waals surface area contributed by atoms with Gasteiger partial charge in [0.15, 0.2) is 0 Å². The summed E-state index contributed by atoms with van der Waals surface area (Å²) in [4.78, 5) is 12.2.